The van der Waals surface area contributed by atoms with Gasteiger partial charge in [0.05, 0.1) is 7.11 Å². The van der Waals surface area contributed by atoms with Crippen LogP contribution < -0.4 is 10.1 Å². The Hall–Kier alpha value is -2.04. The van der Waals surface area contributed by atoms with Crippen molar-refractivity contribution in [3.8, 4) is 5.75 Å². The van der Waals surface area contributed by atoms with Crippen molar-refractivity contribution in [3.63, 3.8) is 0 Å². The summed E-state index contributed by atoms with van der Waals surface area (Å²) in [5.74, 6) is 0.195. The van der Waals surface area contributed by atoms with E-state index in [-0.39, 0.29) is 6.47 Å². The van der Waals surface area contributed by atoms with Gasteiger partial charge in [-0.15, -0.1) is 0 Å². The molecule has 1 rings (SSSR count). The second kappa shape index (κ2) is 8.96. The van der Waals surface area contributed by atoms with Gasteiger partial charge in [-0.2, -0.15) is 0 Å². The zero-order chi connectivity index (χ0) is 14.8. The number of carbonyl (C=O) groups excluding carboxylic acids is 2. The number of ether oxygens (including phenoxy) is 2. The van der Waals surface area contributed by atoms with Gasteiger partial charge in [-0.05, 0) is 30.7 Å². The van der Waals surface area contributed by atoms with Gasteiger partial charge in [-0.25, -0.2) is 4.79 Å². The summed E-state index contributed by atoms with van der Waals surface area (Å²) in [5.41, 5.74) is 0.787. The van der Waals surface area contributed by atoms with Gasteiger partial charge in [0.15, 0.2) is 0 Å². The van der Waals surface area contributed by atoms with E-state index in [1.807, 2.05) is 12.1 Å². The molecule has 1 aromatic rings. The lowest BCUT2D eigenvalue weighted by molar-refractivity contribution is -0.152. The van der Waals surface area contributed by atoms with Crippen LogP contribution in [0.25, 0.3) is 0 Å². The molecule has 0 saturated carbocycles. The Morgan fingerprint density at radius 3 is 2.55 bits per heavy atom. The zero-order valence-electron chi connectivity index (χ0n) is 11.9. The molecule has 20 heavy (non-hydrogen) atoms. The molecule has 0 aromatic heterocycles. The minimum atomic E-state index is -0.549. The summed E-state index contributed by atoms with van der Waals surface area (Å²) in [4.78, 5) is 22.0. The average molecular weight is 279 g/mol. The molecule has 1 atom stereocenters. The highest BCUT2D eigenvalue weighted by Crippen LogP contribution is 2.17. The number of benzene rings is 1. The minimum Gasteiger partial charge on any atom is -0.497 e. The van der Waals surface area contributed by atoms with E-state index in [1.54, 1.807) is 19.2 Å². The van der Waals surface area contributed by atoms with Crippen molar-refractivity contribution in [1.82, 2.24) is 0 Å². The van der Waals surface area contributed by atoms with Crippen molar-refractivity contribution in [2.45, 2.75) is 38.6 Å². The smallest absolute Gasteiger partial charge is 0.336 e. The standard InChI is InChI=1S/C15H21NO4/c1-3-4-5-6-14(15(18)20-11-17)16-12-7-9-13(19-2)10-8-12/h7-11,14,16H,3-6H2,1-2H3. The third-order valence-corrected chi connectivity index (χ3v) is 2.98. The summed E-state index contributed by atoms with van der Waals surface area (Å²) in [7, 11) is 1.59. The predicted molar refractivity (Wildman–Crippen MR) is 76.7 cm³/mol. The molecule has 110 valence electrons. The fourth-order valence-corrected chi connectivity index (χ4v) is 1.87. The first-order valence-electron chi connectivity index (χ1n) is 6.76. The fourth-order valence-electron chi connectivity index (χ4n) is 1.87. The molecule has 1 unspecified atom stereocenters. The third-order valence-electron chi connectivity index (χ3n) is 2.98. The lowest BCUT2D eigenvalue weighted by atomic mass is 10.1. The first-order valence-corrected chi connectivity index (χ1v) is 6.76. The van der Waals surface area contributed by atoms with Crippen molar-refractivity contribution in [2.24, 2.45) is 0 Å². The number of carbonyl (C=O) groups is 2. The fraction of sp³-hybridized carbons (Fsp3) is 0.467. The predicted octanol–water partition coefficient (Wildman–Crippen LogP) is 2.76. The van der Waals surface area contributed by atoms with Crippen LogP contribution in [0.1, 0.15) is 32.6 Å². The minimum absolute atomic E-state index is 0.171. The van der Waals surface area contributed by atoms with E-state index in [2.05, 4.69) is 17.0 Å². The topological polar surface area (TPSA) is 64.6 Å². The van der Waals surface area contributed by atoms with Crippen LogP contribution in [0.2, 0.25) is 0 Å². The maximum Gasteiger partial charge on any atom is 0.336 e. The van der Waals surface area contributed by atoms with E-state index >= 15 is 0 Å². The highest BCUT2D eigenvalue weighted by atomic mass is 16.6. The Labute approximate surface area is 119 Å². The highest BCUT2D eigenvalue weighted by molar-refractivity contribution is 5.84. The molecular weight excluding hydrogens is 258 g/mol. The molecule has 0 amide bonds. The van der Waals surface area contributed by atoms with Crippen LogP contribution in [-0.2, 0) is 14.3 Å². The zero-order valence-corrected chi connectivity index (χ0v) is 11.9. The largest absolute Gasteiger partial charge is 0.497 e. The maximum absolute atomic E-state index is 11.7. The number of methoxy groups -OCH3 is 1. The van der Waals surface area contributed by atoms with E-state index in [0.717, 1.165) is 30.7 Å². The Kier molecular flexibility index (Phi) is 7.17. The van der Waals surface area contributed by atoms with E-state index in [0.29, 0.717) is 6.42 Å². The highest BCUT2D eigenvalue weighted by Gasteiger charge is 2.19. The van der Waals surface area contributed by atoms with Crippen molar-refractivity contribution >= 4 is 18.1 Å². The number of nitrogens with one attached hydrogen (secondary N) is 1. The van der Waals surface area contributed by atoms with E-state index in [1.165, 1.54) is 0 Å². The maximum atomic E-state index is 11.7. The van der Waals surface area contributed by atoms with E-state index in [4.69, 9.17) is 4.74 Å². The molecule has 0 aliphatic heterocycles. The molecule has 0 aliphatic carbocycles. The number of anilines is 1. The van der Waals surface area contributed by atoms with Crippen LogP contribution in [0.5, 0.6) is 5.75 Å². The van der Waals surface area contributed by atoms with Crippen LogP contribution in [0, 0.1) is 0 Å². The molecule has 0 fully saturated rings. The molecule has 0 bridgehead atoms. The Morgan fingerprint density at radius 1 is 1.30 bits per heavy atom. The van der Waals surface area contributed by atoms with Crippen LogP contribution in [0.3, 0.4) is 0 Å². The molecule has 0 spiro atoms. The second-order valence-corrected chi connectivity index (χ2v) is 4.45. The summed E-state index contributed by atoms with van der Waals surface area (Å²) in [6.07, 6.45) is 3.64. The summed E-state index contributed by atoms with van der Waals surface area (Å²) < 4.78 is 9.52. The molecule has 0 saturated heterocycles. The molecule has 0 aliphatic rings. The number of hydrogen-bond acceptors (Lipinski definition) is 5. The normalized spacial score (nSPS) is 11.5. The van der Waals surface area contributed by atoms with E-state index < -0.39 is 12.0 Å². The van der Waals surface area contributed by atoms with Crippen molar-refractivity contribution in [3.05, 3.63) is 24.3 Å². The number of unbranched alkanes of at least 4 members (excludes halogenated alkanes) is 2. The lowest BCUT2D eigenvalue weighted by Crippen LogP contribution is -2.31. The SMILES string of the molecule is CCCCCC(Nc1ccc(OC)cc1)C(=O)OC=O. The van der Waals surface area contributed by atoms with E-state index in [9.17, 15) is 9.59 Å². The molecule has 5 heteroatoms. The van der Waals surface area contributed by atoms with Crippen molar-refractivity contribution in [1.29, 1.82) is 0 Å². The van der Waals surface area contributed by atoms with Gasteiger partial charge in [0, 0.05) is 5.69 Å². The molecular formula is C15H21NO4. The molecule has 0 radical (unpaired) electrons. The van der Waals surface area contributed by atoms with Crippen LogP contribution in [0.15, 0.2) is 24.3 Å². The summed E-state index contributed by atoms with van der Waals surface area (Å²) >= 11 is 0. The van der Waals surface area contributed by atoms with Gasteiger partial charge < -0.3 is 14.8 Å². The summed E-state index contributed by atoms with van der Waals surface area (Å²) in [6.45, 7) is 2.26. The van der Waals surface area contributed by atoms with Gasteiger partial charge in [0.25, 0.3) is 0 Å². The number of hydrogen-bond donors (Lipinski definition) is 1. The quantitative estimate of drug-likeness (QED) is 0.326. The van der Waals surface area contributed by atoms with Gasteiger partial charge in [-0.1, -0.05) is 26.2 Å². The summed E-state index contributed by atoms with van der Waals surface area (Å²) in [6, 6.07) is 6.73. The number of esters is 1. The Bertz CT molecular complexity index is 416. The van der Waals surface area contributed by atoms with Crippen LogP contribution >= 0.6 is 0 Å². The van der Waals surface area contributed by atoms with Crippen LogP contribution in [0.4, 0.5) is 5.69 Å². The average Bonchev–Trinajstić information content (AvgIpc) is 2.47. The van der Waals surface area contributed by atoms with Crippen LogP contribution in [-0.4, -0.2) is 25.6 Å². The van der Waals surface area contributed by atoms with Crippen molar-refractivity contribution < 1.29 is 19.1 Å². The van der Waals surface area contributed by atoms with Gasteiger partial charge in [0.2, 0.25) is 0 Å². The Balaban J connectivity index is 2.65. The molecule has 1 aromatic carbocycles. The molecule has 0 heterocycles. The van der Waals surface area contributed by atoms with Gasteiger partial charge >= 0.3 is 12.4 Å². The number of rotatable bonds is 9. The summed E-state index contributed by atoms with van der Waals surface area (Å²) in [5, 5.41) is 3.08. The monoisotopic (exact) mass is 279 g/mol. The first-order chi connectivity index (χ1) is 9.71. The molecule has 1 N–H and O–H groups in total. The third kappa shape index (κ3) is 5.30. The first kappa shape index (κ1) is 16.0. The molecule has 5 nitrogen and oxygen atoms in total. The van der Waals surface area contributed by atoms with Crippen molar-refractivity contribution in [2.75, 3.05) is 12.4 Å². The lowest BCUT2D eigenvalue weighted by Gasteiger charge is -2.17. The Morgan fingerprint density at radius 2 is 2.00 bits per heavy atom. The second-order valence-electron chi connectivity index (χ2n) is 4.45. The van der Waals surface area contributed by atoms with Gasteiger partial charge in [-0.3, -0.25) is 4.79 Å². The van der Waals surface area contributed by atoms with Gasteiger partial charge in [0.1, 0.15) is 11.8 Å².